The molecule has 0 aliphatic carbocycles. The van der Waals surface area contributed by atoms with Gasteiger partial charge in [-0.05, 0) is 36.6 Å². The van der Waals surface area contributed by atoms with Gasteiger partial charge in [0.15, 0.2) is 0 Å². The zero-order valence-corrected chi connectivity index (χ0v) is 15.1. The summed E-state index contributed by atoms with van der Waals surface area (Å²) in [6.45, 7) is 3.28. The molecule has 0 aromatic heterocycles. The van der Waals surface area contributed by atoms with Crippen LogP contribution in [0.3, 0.4) is 0 Å². The molecule has 6 heteroatoms. The van der Waals surface area contributed by atoms with E-state index in [0.717, 1.165) is 36.8 Å². The number of rotatable bonds is 5. The molecule has 0 atom stereocenters. The summed E-state index contributed by atoms with van der Waals surface area (Å²) in [6.07, 6.45) is 2.01. The quantitative estimate of drug-likeness (QED) is 0.831. The topological polar surface area (TPSA) is 35.6 Å². The van der Waals surface area contributed by atoms with Gasteiger partial charge >= 0.3 is 0 Å². The van der Waals surface area contributed by atoms with Gasteiger partial charge in [0.05, 0.1) is 12.2 Å². The third kappa shape index (κ3) is 4.74. The van der Waals surface area contributed by atoms with Gasteiger partial charge in [0, 0.05) is 36.8 Å². The van der Waals surface area contributed by atoms with E-state index >= 15 is 0 Å². The molecule has 1 amide bonds. The van der Waals surface area contributed by atoms with E-state index in [1.54, 1.807) is 23.9 Å². The molecular weight excluding hydrogens is 337 g/mol. The van der Waals surface area contributed by atoms with Crippen molar-refractivity contribution in [1.29, 1.82) is 0 Å². The van der Waals surface area contributed by atoms with Crippen LogP contribution in [0.25, 0.3) is 0 Å². The Morgan fingerprint density at radius 3 is 2.60 bits per heavy atom. The molecule has 25 heavy (non-hydrogen) atoms. The van der Waals surface area contributed by atoms with Crippen LogP contribution in [0.4, 0.5) is 15.8 Å². The van der Waals surface area contributed by atoms with Crippen molar-refractivity contribution in [2.24, 2.45) is 0 Å². The maximum absolute atomic E-state index is 13.9. The number of carbonyl (C=O) groups is 1. The lowest BCUT2D eigenvalue weighted by molar-refractivity contribution is -0.117. The second-order valence-corrected chi connectivity index (χ2v) is 6.87. The van der Waals surface area contributed by atoms with Crippen molar-refractivity contribution in [2.75, 3.05) is 49.2 Å². The van der Waals surface area contributed by atoms with Gasteiger partial charge in [-0.3, -0.25) is 9.69 Å². The van der Waals surface area contributed by atoms with Gasteiger partial charge in [0.25, 0.3) is 0 Å². The standard InChI is InChI=1S/C19H22FN3OS/c1-25-16-6-4-5-15(13-16)21-19(24)14-22-9-11-23(12-10-22)18-8-3-2-7-17(18)20/h2-8,13H,9-12,14H2,1H3,(H,21,24). The largest absolute Gasteiger partial charge is 0.367 e. The Labute approximate surface area is 152 Å². The monoisotopic (exact) mass is 359 g/mol. The van der Waals surface area contributed by atoms with Crippen molar-refractivity contribution >= 4 is 29.0 Å². The van der Waals surface area contributed by atoms with E-state index < -0.39 is 0 Å². The number of para-hydroxylation sites is 1. The van der Waals surface area contributed by atoms with Crippen LogP contribution < -0.4 is 10.2 Å². The second-order valence-electron chi connectivity index (χ2n) is 5.99. The fraction of sp³-hybridized carbons (Fsp3) is 0.316. The number of halogens is 1. The zero-order valence-electron chi connectivity index (χ0n) is 14.2. The van der Waals surface area contributed by atoms with Crippen molar-refractivity contribution in [3.05, 3.63) is 54.3 Å². The summed E-state index contributed by atoms with van der Waals surface area (Å²) in [5.74, 6) is -0.208. The molecule has 0 bridgehead atoms. The predicted molar refractivity (Wildman–Crippen MR) is 102 cm³/mol. The molecule has 132 valence electrons. The van der Waals surface area contributed by atoms with Crippen LogP contribution >= 0.6 is 11.8 Å². The van der Waals surface area contributed by atoms with Gasteiger partial charge < -0.3 is 10.2 Å². The maximum atomic E-state index is 13.9. The van der Waals surface area contributed by atoms with E-state index in [0.29, 0.717) is 12.2 Å². The van der Waals surface area contributed by atoms with Gasteiger partial charge in [0.2, 0.25) is 5.91 Å². The van der Waals surface area contributed by atoms with Crippen molar-refractivity contribution in [1.82, 2.24) is 4.90 Å². The lowest BCUT2D eigenvalue weighted by Gasteiger charge is -2.35. The second kappa shape index (κ2) is 8.36. The number of thioether (sulfide) groups is 1. The van der Waals surface area contributed by atoms with Crippen LogP contribution in [0, 0.1) is 5.82 Å². The summed E-state index contributed by atoms with van der Waals surface area (Å²) >= 11 is 1.65. The minimum atomic E-state index is -0.192. The van der Waals surface area contributed by atoms with E-state index in [1.807, 2.05) is 41.5 Å². The average Bonchev–Trinajstić information content (AvgIpc) is 2.63. The number of anilines is 2. The number of carbonyl (C=O) groups excluding carboxylic acids is 1. The molecule has 1 heterocycles. The van der Waals surface area contributed by atoms with Crippen LogP contribution in [0.2, 0.25) is 0 Å². The van der Waals surface area contributed by atoms with E-state index in [9.17, 15) is 9.18 Å². The first-order valence-corrected chi connectivity index (χ1v) is 9.54. The Bertz CT molecular complexity index is 732. The fourth-order valence-corrected chi connectivity index (χ4v) is 3.42. The van der Waals surface area contributed by atoms with Crippen molar-refractivity contribution in [3.8, 4) is 0 Å². The normalized spacial score (nSPS) is 15.2. The lowest BCUT2D eigenvalue weighted by atomic mass is 10.2. The molecular formula is C19H22FN3OS. The third-order valence-corrected chi connectivity index (χ3v) is 5.01. The first-order valence-electron chi connectivity index (χ1n) is 8.31. The van der Waals surface area contributed by atoms with Crippen LogP contribution in [-0.2, 0) is 4.79 Å². The molecule has 2 aromatic carbocycles. The number of piperazine rings is 1. The van der Waals surface area contributed by atoms with Crippen molar-refractivity contribution in [3.63, 3.8) is 0 Å². The summed E-state index contributed by atoms with van der Waals surface area (Å²) < 4.78 is 13.9. The zero-order chi connectivity index (χ0) is 17.6. The number of benzene rings is 2. The Balaban J connectivity index is 1.50. The molecule has 4 nitrogen and oxygen atoms in total. The molecule has 1 aliphatic heterocycles. The first-order chi connectivity index (χ1) is 12.2. The van der Waals surface area contributed by atoms with E-state index in [1.165, 1.54) is 6.07 Å². The predicted octanol–water partition coefficient (Wildman–Crippen LogP) is 3.31. The molecule has 0 spiro atoms. The highest BCUT2D eigenvalue weighted by atomic mass is 32.2. The first kappa shape index (κ1) is 17.8. The lowest BCUT2D eigenvalue weighted by Crippen LogP contribution is -2.48. The van der Waals surface area contributed by atoms with E-state index in [2.05, 4.69) is 10.2 Å². The minimum Gasteiger partial charge on any atom is -0.367 e. The molecule has 0 radical (unpaired) electrons. The molecule has 1 saturated heterocycles. The molecule has 1 N–H and O–H groups in total. The molecule has 2 aromatic rings. The van der Waals surface area contributed by atoms with Crippen LogP contribution in [0.1, 0.15) is 0 Å². The number of nitrogens with one attached hydrogen (secondary N) is 1. The molecule has 0 unspecified atom stereocenters. The SMILES string of the molecule is CSc1cccc(NC(=O)CN2CCN(c3ccccc3F)CC2)c1. The number of hydrogen-bond acceptors (Lipinski definition) is 4. The Morgan fingerprint density at radius 2 is 1.88 bits per heavy atom. The van der Waals surface area contributed by atoms with Gasteiger partial charge in [-0.2, -0.15) is 0 Å². The van der Waals surface area contributed by atoms with E-state index in [-0.39, 0.29) is 11.7 Å². The van der Waals surface area contributed by atoms with Crippen molar-refractivity contribution < 1.29 is 9.18 Å². The molecule has 1 fully saturated rings. The van der Waals surface area contributed by atoms with Crippen LogP contribution in [-0.4, -0.2) is 49.8 Å². The Morgan fingerprint density at radius 1 is 1.12 bits per heavy atom. The minimum absolute atomic E-state index is 0.0161. The average molecular weight is 359 g/mol. The van der Waals surface area contributed by atoms with Gasteiger partial charge in [-0.15, -0.1) is 11.8 Å². The summed E-state index contributed by atoms with van der Waals surface area (Å²) in [6, 6.07) is 14.7. The highest BCUT2D eigenvalue weighted by Crippen LogP contribution is 2.21. The number of amides is 1. The number of nitrogens with zero attached hydrogens (tertiary/aromatic N) is 2. The smallest absolute Gasteiger partial charge is 0.238 e. The Hall–Kier alpha value is -2.05. The molecule has 0 saturated carbocycles. The third-order valence-electron chi connectivity index (χ3n) is 4.29. The summed E-state index contributed by atoms with van der Waals surface area (Å²) in [7, 11) is 0. The maximum Gasteiger partial charge on any atom is 0.238 e. The van der Waals surface area contributed by atoms with Crippen LogP contribution in [0.15, 0.2) is 53.4 Å². The Kier molecular flexibility index (Phi) is 5.94. The fourth-order valence-electron chi connectivity index (χ4n) is 2.96. The van der Waals surface area contributed by atoms with Crippen LogP contribution in [0.5, 0.6) is 0 Å². The molecule has 1 aliphatic rings. The van der Waals surface area contributed by atoms with Crippen molar-refractivity contribution in [2.45, 2.75) is 4.90 Å². The number of hydrogen-bond donors (Lipinski definition) is 1. The summed E-state index contributed by atoms with van der Waals surface area (Å²) in [4.78, 5) is 17.5. The summed E-state index contributed by atoms with van der Waals surface area (Å²) in [5, 5.41) is 2.95. The van der Waals surface area contributed by atoms with Gasteiger partial charge in [0.1, 0.15) is 5.82 Å². The summed E-state index contributed by atoms with van der Waals surface area (Å²) in [5.41, 5.74) is 1.46. The van der Waals surface area contributed by atoms with Gasteiger partial charge in [-0.1, -0.05) is 18.2 Å². The van der Waals surface area contributed by atoms with Gasteiger partial charge in [-0.25, -0.2) is 4.39 Å². The highest BCUT2D eigenvalue weighted by molar-refractivity contribution is 7.98. The molecule has 3 rings (SSSR count). The highest BCUT2D eigenvalue weighted by Gasteiger charge is 2.20. The van der Waals surface area contributed by atoms with E-state index in [4.69, 9.17) is 0 Å².